The second-order valence-electron chi connectivity index (χ2n) is 4.47. The van der Waals surface area contributed by atoms with E-state index in [0.29, 0.717) is 6.54 Å². The van der Waals surface area contributed by atoms with Gasteiger partial charge in [0.05, 0.1) is 13.7 Å². The van der Waals surface area contributed by atoms with Crippen molar-refractivity contribution < 1.29 is 14.6 Å². The first-order valence-electron chi connectivity index (χ1n) is 6.03. The minimum Gasteiger partial charge on any atom is -0.496 e. The van der Waals surface area contributed by atoms with Crippen molar-refractivity contribution in [2.45, 2.75) is 27.2 Å². The second kappa shape index (κ2) is 6.40. The van der Waals surface area contributed by atoms with Crippen LogP contribution in [-0.2, 0) is 11.2 Å². The van der Waals surface area contributed by atoms with Gasteiger partial charge in [-0.15, -0.1) is 0 Å². The van der Waals surface area contributed by atoms with Crippen molar-refractivity contribution in [2.75, 3.05) is 20.2 Å². The lowest BCUT2D eigenvalue weighted by atomic mass is 9.97. The molecule has 1 aromatic carbocycles. The largest absolute Gasteiger partial charge is 0.496 e. The fourth-order valence-electron chi connectivity index (χ4n) is 2.10. The summed E-state index contributed by atoms with van der Waals surface area (Å²) in [5, 5.41) is 11.5. The van der Waals surface area contributed by atoms with Crippen molar-refractivity contribution in [3.63, 3.8) is 0 Å². The van der Waals surface area contributed by atoms with Crippen LogP contribution in [0.2, 0.25) is 0 Å². The molecule has 18 heavy (non-hydrogen) atoms. The maximum atomic E-state index is 10.4. The fourth-order valence-corrected chi connectivity index (χ4v) is 2.10. The highest BCUT2D eigenvalue weighted by Gasteiger charge is 2.11. The van der Waals surface area contributed by atoms with Gasteiger partial charge in [0.15, 0.2) is 0 Å². The van der Waals surface area contributed by atoms with Gasteiger partial charge < -0.3 is 15.2 Å². The standard InChI is InChI=1S/C14H21NO3/c1-9-7-10(2)12(14(18-4)11(9)3)5-6-15-8-13(16)17/h7,15H,5-6,8H2,1-4H3,(H,16,17). The molecule has 0 saturated heterocycles. The Kier molecular flexibility index (Phi) is 5.16. The summed E-state index contributed by atoms with van der Waals surface area (Å²) in [7, 11) is 1.68. The smallest absolute Gasteiger partial charge is 0.317 e. The predicted molar refractivity (Wildman–Crippen MR) is 71.4 cm³/mol. The molecule has 2 N–H and O–H groups in total. The minimum absolute atomic E-state index is 0.00773. The van der Waals surface area contributed by atoms with E-state index in [0.717, 1.165) is 23.3 Å². The highest BCUT2D eigenvalue weighted by Crippen LogP contribution is 2.29. The lowest BCUT2D eigenvalue weighted by molar-refractivity contribution is -0.135. The normalized spacial score (nSPS) is 10.4. The molecule has 0 aliphatic carbocycles. The molecule has 0 radical (unpaired) electrons. The molecule has 0 aliphatic rings. The van der Waals surface area contributed by atoms with Gasteiger partial charge in [0, 0.05) is 0 Å². The lowest BCUT2D eigenvalue weighted by Crippen LogP contribution is -2.25. The van der Waals surface area contributed by atoms with Crippen LogP contribution in [-0.4, -0.2) is 31.3 Å². The van der Waals surface area contributed by atoms with Crippen LogP contribution in [0.5, 0.6) is 5.75 Å². The molecule has 0 atom stereocenters. The molecule has 4 heteroatoms. The quantitative estimate of drug-likeness (QED) is 0.757. The van der Waals surface area contributed by atoms with Gasteiger partial charge in [-0.05, 0) is 56.0 Å². The number of hydrogen-bond acceptors (Lipinski definition) is 3. The molecule has 0 amide bonds. The Hall–Kier alpha value is -1.55. The summed E-state index contributed by atoms with van der Waals surface area (Å²) >= 11 is 0. The highest BCUT2D eigenvalue weighted by molar-refractivity contribution is 5.69. The predicted octanol–water partition coefficient (Wildman–Crippen LogP) is 1.84. The minimum atomic E-state index is -0.834. The van der Waals surface area contributed by atoms with Gasteiger partial charge in [-0.1, -0.05) is 6.07 Å². The Labute approximate surface area is 108 Å². The Balaban J connectivity index is 2.81. The van der Waals surface area contributed by atoms with Crippen LogP contribution >= 0.6 is 0 Å². The average molecular weight is 251 g/mol. The molecule has 0 fully saturated rings. The lowest BCUT2D eigenvalue weighted by Gasteiger charge is -2.16. The third-order valence-corrected chi connectivity index (χ3v) is 3.15. The third kappa shape index (κ3) is 3.47. The number of carboxylic acid groups (broad SMARTS) is 1. The van der Waals surface area contributed by atoms with Gasteiger partial charge in [-0.2, -0.15) is 0 Å². The monoisotopic (exact) mass is 251 g/mol. The summed E-state index contributed by atoms with van der Waals surface area (Å²) in [6.45, 7) is 6.79. The zero-order valence-electron chi connectivity index (χ0n) is 11.5. The summed E-state index contributed by atoms with van der Waals surface area (Å²) in [5.74, 6) is 0.0865. The number of carboxylic acids is 1. The van der Waals surface area contributed by atoms with E-state index in [4.69, 9.17) is 9.84 Å². The molecule has 0 unspecified atom stereocenters. The van der Waals surface area contributed by atoms with Crippen LogP contribution in [0.1, 0.15) is 22.3 Å². The van der Waals surface area contributed by atoms with Crippen LogP contribution in [0.25, 0.3) is 0 Å². The van der Waals surface area contributed by atoms with E-state index in [1.807, 2.05) is 6.92 Å². The topological polar surface area (TPSA) is 58.6 Å². The number of carbonyl (C=O) groups is 1. The number of nitrogens with one attached hydrogen (secondary N) is 1. The van der Waals surface area contributed by atoms with Crippen LogP contribution < -0.4 is 10.1 Å². The van der Waals surface area contributed by atoms with Crippen LogP contribution in [0.4, 0.5) is 0 Å². The van der Waals surface area contributed by atoms with E-state index in [2.05, 4.69) is 25.2 Å². The summed E-state index contributed by atoms with van der Waals surface area (Å²) in [6, 6.07) is 2.14. The van der Waals surface area contributed by atoms with E-state index in [9.17, 15) is 4.79 Å². The van der Waals surface area contributed by atoms with Gasteiger partial charge in [-0.3, -0.25) is 4.79 Å². The van der Waals surface area contributed by atoms with Crippen LogP contribution in [0.3, 0.4) is 0 Å². The summed E-state index contributed by atoms with van der Waals surface area (Å²) in [5.41, 5.74) is 4.70. The summed E-state index contributed by atoms with van der Waals surface area (Å²) in [4.78, 5) is 10.4. The van der Waals surface area contributed by atoms with Gasteiger partial charge in [-0.25, -0.2) is 0 Å². The first-order chi connectivity index (χ1) is 8.47. The number of ether oxygens (including phenoxy) is 1. The Morgan fingerprint density at radius 1 is 1.33 bits per heavy atom. The van der Waals surface area contributed by atoms with E-state index in [1.54, 1.807) is 7.11 Å². The van der Waals surface area contributed by atoms with Crippen molar-refractivity contribution >= 4 is 5.97 Å². The van der Waals surface area contributed by atoms with Gasteiger partial charge in [0.1, 0.15) is 5.75 Å². The van der Waals surface area contributed by atoms with Gasteiger partial charge in [0.2, 0.25) is 0 Å². The van der Waals surface area contributed by atoms with Crippen molar-refractivity contribution in [1.82, 2.24) is 5.32 Å². The number of rotatable bonds is 6. The zero-order chi connectivity index (χ0) is 13.7. The number of methoxy groups -OCH3 is 1. The average Bonchev–Trinajstić information content (AvgIpc) is 2.30. The molecule has 0 aromatic heterocycles. The molecule has 0 aliphatic heterocycles. The highest BCUT2D eigenvalue weighted by atomic mass is 16.5. The zero-order valence-corrected chi connectivity index (χ0v) is 11.5. The van der Waals surface area contributed by atoms with Crippen molar-refractivity contribution in [1.29, 1.82) is 0 Å². The molecule has 0 spiro atoms. The number of aliphatic carboxylic acids is 1. The maximum Gasteiger partial charge on any atom is 0.317 e. The SMILES string of the molecule is COc1c(C)c(C)cc(C)c1CCNCC(=O)O. The number of benzene rings is 1. The first kappa shape index (κ1) is 14.5. The van der Waals surface area contributed by atoms with Gasteiger partial charge >= 0.3 is 5.97 Å². The number of hydrogen-bond donors (Lipinski definition) is 2. The Morgan fingerprint density at radius 3 is 2.56 bits per heavy atom. The van der Waals surface area contributed by atoms with E-state index < -0.39 is 5.97 Å². The number of aryl methyl sites for hydroxylation is 2. The fraction of sp³-hybridized carbons (Fsp3) is 0.500. The second-order valence-corrected chi connectivity index (χ2v) is 4.47. The van der Waals surface area contributed by atoms with Gasteiger partial charge in [0.25, 0.3) is 0 Å². The molecule has 1 aromatic rings. The molecule has 0 heterocycles. The summed E-state index contributed by atoms with van der Waals surface area (Å²) in [6.07, 6.45) is 0.767. The molecule has 0 bridgehead atoms. The van der Waals surface area contributed by atoms with Crippen molar-refractivity contribution in [3.05, 3.63) is 28.3 Å². The molecule has 100 valence electrons. The maximum absolute atomic E-state index is 10.4. The molecular formula is C14H21NO3. The van der Waals surface area contributed by atoms with E-state index >= 15 is 0 Å². The molecule has 4 nitrogen and oxygen atoms in total. The Morgan fingerprint density at radius 2 is 2.00 bits per heavy atom. The summed E-state index contributed by atoms with van der Waals surface area (Å²) < 4.78 is 5.47. The van der Waals surface area contributed by atoms with Crippen LogP contribution in [0.15, 0.2) is 6.07 Å². The molecule has 1 rings (SSSR count). The molecule has 0 saturated carbocycles. The van der Waals surface area contributed by atoms with Crippen molar-refractivity contribution in [3.8, 4) is 5.75 Å². The van der Waals surface area contributed by atoms with Crippen LogP contribution in [0, 0.1) is 20.8 Å². The van der Waals surface area contributed by atoms with Crippen molar-refractivity contribution in [2.24, 2.45) is 0 Å². The molecular weight excluding hydrogens is 230 g/mol. The first-order valence-corrected chi connectivity index (χ1v) is 6.03. The van der Waals surface area contributed by atoms with E-state index in [-0.39, 0.29) is 6.54 Å². The van der Waals surface area contributed by atoms with E-state index in [1.165, 1.54) is 11.1 Å². The third-order valence-electron chi connectivity index (χ3n) is 3.15. The Bertz CT molecular complexity index is 441.